The summed E-state index contributed by atoms with van der Waals surface area (Å²) in [6.07, 6.45) is 5.36. The Hall–Kier alpha value is -4.24. The molecule has 37 heavy (non-hydrogen) atoms. The van der Waals surface area contributed by atoms with Crippen molar-refractivity contribution in [3.63, 3.8) is 0 Å². The molecule has 2 aliphatic carbocycles. The van der Waals surface area contributed by atoms with Crippen LogP contribution < -0.4 is 0 Å². The third kappa shape index (κ3) is 3.49. The average Bonchev–Trinajstić information content (AvgIpc) is 3.51. The maximum absolute atomic E-state index is 14.4. The van der Waals surface area contributed by atoms with Crippen LogP contribution in [0.4, 0.5) is 4.39 Å². The van der Waals surface area contributed by atoms with Crippen LogP contribution in [0, 0.1) is 24.2 Å². The number of halogens is 1. The molecule has 0 fully saturated rings. The summed E-state index contributed by atoms with van der Waals surface area (Å²) >= 11 is 0. The monoisotopic (exact) mass is 490 g/mol. The largest absolute Gasteiger partial charge is 0.351 e. The van der Waals surface area contributed by atoms with Crippen LogP contribution in [-0.2, 0) is 23.7 Å². The number of rotatable bonds is 3. The Morgan fingerprint density at radius 1 is 1.11 bits per heavy atom. The second-order valence-corrected chi connectivity index (χ2v) is 10.4. The van der Waals surface area contributed by atoms with E-state index in [1.54, 1.807) is 6.07 Å². The molecule has 2 aliphatic rings. The third-order valence-electron chi connectivity index (χ3n) is 8.20. The minimum absolute atomic E-state index is 0.0522. The van der Waals surface area contributed by atoms with Gasteiger partial charge in [-0.3, -0.25) is 4.57 Å². The Balaban J connectivity index is 1.62. The van der Waals surface area contributed by atoms with Gasteiger partial charge in [-0.05, 0) is 60.7 Å². The molecule has 0 saturated carbocycles. The Kier molecular flexibility index (Phi) is 5.27. The van der Waals surface area contributed by atoms with Crippen molar-refractivity contribution < 1.29 is 9.18 Å². The number of carbonyl (C=O) groups is 1. The molecule has 0 spiro atoms. The van der Waals surface area contributed by atoms with E-state index in [4.69, 9.17) is 11.6 Å². The summed E-state index contributed by atoms with van der Waals surface area (Å²) in [6.45, 7) is 11.6. The molecule has 0 unspecified atom stereocenters. The fourth-order valence-corrected chi connectivity index (χ4v) is 6.35. The van der Waals surface area contributed by atoms with Crippen LogP contribution in [0.2, 0.25) is 0 Å². The zero-order chi connectivity index (χ0) is 25.9. The molecule has 0 amide bonds. The van der Waals surface area contributed by atoms with E-state index in [0.717, 1.165) is 46.9 Å². The number of carbonyl (C=O) groups excluding carboxylic acids is 1. The van der Waals surface area contributed by atoms with Gasteiger partial charge in [0.05, 0.1) is 18.0 Å². The van der Waals surface area contributed by atoms with Gasteiger partial charge in [0.15, 0.2) is 5.78 Å². The highest BCUT2D eigenvalue weighted by molar-refractivity contribution is 6.00. The molecule has 0 aliphatic heterocycles. The summed E-state index contributed by atoms with van der Waals surface area (Å²) in [6, 6.07) is 18.9. The molecule has 6 rings (SSSR count). The normalized spacial score (nSPS) is 22.7. The lowest BCUT2D eigenvalue weighted by molar-refractivity contribution is -0.121. The second kappa shape index (κ2) is 8.41. The number of imidazole rings is 1. The van der Waals surface area contributed by atoms with Crippen LogP contribution in [0.1, 0.15) is 31.7 Å². The van der Waals surface area contributed by atoms with Crippen LogP contribution in [0.5, 0.6) is 0 Å². The Morgan fingerprint density at radius 3 is 2.62 bits per heavy atom. The SMILES string of the molecule is [C-]#[N+]C1=C[C@@]2(C)c3nc(-c4cccc(-c5cccn5C)c4)n(-c4cccc(F)c4)c3CC[C@@H]2[C@@H](C)C1=O. The van der Waals surface area contributed by atoms with E-state index in [9.17, 15) is 9.18 Å². The number of hydrogen-bond acceptors (Lipinski definition) is 2. The Morgan fingerprint density at radius 2 is 1.89 bits per heavy atom. The van der Waals surface area contributed by atoms with E-state index in [1.807, 2.05) is 50.5 Å². The summed E-state index contributed by atoms with van der Waals surface area (Å²) in [7, 11) is 2.02. The lowest BCUT2D eigenvalue weighted by Crippen LogP contribution is -2.45. The van der Waals surface area contributed by atoms with Crippen molar-refractivity contribution in [3.05, 3.63) is 107 Å². The first-order chi connectivity index (χ1) is 17.8. The van der Waals surface area contributed by atoms with E-state index in [1.165, 1.54) is 12.1 Å². The van der Waals surface area contributed by atoms with E-state index in [0.29, 0.717) is 5.69 Å². The molecular formula is C31H27FN4O. The molecule has 2 aromatic heterocycles. The highest BCUT2D eigenvalue weighted by Gasteiger charge is 2.50. The smallest absolute Gasteiger partial charge is 0.226 e. The number of ketones is 1. The number of allylic oxidation sites excluding steroid dienone is 2. The fraction of sp³-hybridized carbons (Fsp3) is 0.258. The molecule has 2 heterocycles. The number of Topliss-reactive ketones (excluding diaryl/α,β-unsaturated/α-hetero) is 1. The minimum Gasteiger partial charge on any atom is -0.351 e. The molecule has 0 bridgehead atoms. The molecule has 3 atom stereocenters. The zero-order valence-electron chi connectivity index (χ0n) is 21.1. The molecule has 0 radical (unpaired) electrons. The molecule has 0 N–H and O–H groups in total. The average molecular weight is 491 g/mol. The van der Waals surface area contributed by atoms with Gasteiger partial charge >= 0.3 is 0 Å². The maximum Gasteiger partial charge on any atom is 0.226 e. The van der Waals surface area contributed by atoms with Crippen LogP contribution in [0.15, 0.2) is 78.6 Å². The number of fused-ring (bicyclic) bond motifs is 3. The summed E-state index contributed by atoms with van der Waals surface area (Å²) in [5.41, 5.74) is 5.28. The van der Waals surface area contributed by atoms with Crippen molar-refractivity contribution >= 4 is 5.78 Å². The third-order valence-corrected chi connectivity index (χ3v) is 8.20. The molecule has 2 aromatic carbocycles. The molecule has 5 nitrogen and oxygen atoms in total. The maximum atomic E-state index is 14.4. The van der Waals surface area contributed by atoms with E-state index >= 15 is 0 Å². The van der Waals surface area contributed by atoms with Crippen molar-refractivity contribution in [2.75, 3.05) is 0 Å². The van der Waals surface area contributed by atoms with Gasteiger partial charge < -0.3 is 9.36 Å². The summed E-state index contributed by atoms with van der Waals surface area (Å²) < 4.78 is 18.6. The van der Waals surface area contributed by atoms with Crippen LogP contribution >= 0.6 is 0 Å². The molecule has 6 heteroatoms. The van der Waals surface area contributed by atoms with E-state index in [2.05, 4.69) is 39.1 Å². The highest BCUT2D eigenvalue weighted by atomic mass is 19.1. The Labute approximate surface area is 215 Å². The van der Waals surface area contributed by atoms with Crippen molar-refractivity contribution in [1.82, 2.24) is 14.1 Å². The summed E-state index contributed by atoms with van der Waals surface area (Å²) in [5.74, 6) is 0.138. The van der Waals surface area contributed by atoms with Crippen molar-refractivity contribution in [2.24, 2.45) is 18.9 Å². The predicted octanol–water partition coefficient (Wildman–Crippen LogP) is 6.53. The highest BCUT2D eigenvalue weighted by Crippen LogP contribution is 2.51. The molecular weight excluding hydrogens is 463 g/mol. The van der Waals surface area contributed by atoms with Gasteiger partial charge in [-0.1, -0.05) is 44.2 Å². The van der Waals surface area contributed by atoms with Crippen molar-refractivity contribution in [1.29, 1.82) is 0 Å². The van der Waals surface area contributed by atoms with E-state index in [-0.39, 0.29) is 29.1 Å². The summed E-state index contributed by atoms with van der Waals surface area (Å²) in [4.78, 5) is 21.6. The van der Waals surface area contributed by atoms with Gasteiger partial charge in [0.2, 0.25) is 5.70 Å². The first kappa shape index (κ1) is 23.2. The first-order valence-corrected chi connectivity index (χ1v) is 12.6. The predicted molar refractivity (Wildman–Crippen MR) is 141 cm³/mol. The van der Waals surface area contributed by atoms with Gasteiger partial charge in [0, 0.05) is 41.5 Å². The topological polar surface area (TPSA) is 44.2 Å². The standard InChI is InChI=1S/C31H27FN4O/c1-19-24-13-14-27-29(31(24,2)18-25(33-3)28(19)37)34-30(36(27)23-11-6-10-22(32)17-23)21-9-5-8-20(16-21)26-12-7-15-35(26)4/h5-12,15-19,24H,13-14H2,1-2,4H3/t19-,24-,31-/m1/s1. The zero-order valence-corrected chi connectivity index (χ0v) is 21.1. The lowest BCUT2D eigenvalue weighted by Gasteiger charge is -2.44. The van der Waals surface area contributed by atoms with Gasteiger partial charge in [0.25, 0.3) is 0 Å². The Bertz CT molecular complexity index is 1630. The van der Waals surface area contributed by atoms with Gasteiger partial charge in [0.1, 0.15) is 11.6 Å². The number of aromatic nitrogens is 3. The van der Waals surface area contributed by atoms with Crippen LogP contribution in [0.3, 0.4) is 0 Å². The van der Waals surface area contributed by atoms with Crippen molar-refractivity contribution in [2.45, 2.75) is 32.1 Å². The first-order valence-electron chi connectivity index (χ1n) is 12.6. The number of nitrogens with zero attached hydrogens (tertiary/aromatic N) is 4. The van der Waals surface area contributed by atoms with Gasteiger partial charge in [-0.15, -0.1) is 0 Å². The minimum atomic E-state index is -0.566. The summed E-state index contributed by atoms with van der Waals surface area (Å²) in [5, 5.41) is 0. The number of hydrogen-bond donors (Lipinski definition) is 0. The van der Waals surface area contributed by atoms with Crippen LogP contribution in [0.25, 0.3) is 33.2 Å². The lowest BCUT2D eigenvalue weighted by atomic mass is 9.59. The second-order valence-electron chi connectivity index (χ2n) is 10.4. The molecule has 4 aromatic rings. The number of aryl methyl sites for hydroxylation is 1. The van der Waals surface area contributed by atoms with Gasteiger partial charge in [-0.25, -0.2) is 14.2 Å². The van der Waals surface area contributed by atoms with Crippen LogP contribution in [-0.4, -0.2) is 19.9 Å². The fourth-order valence-electron chi connectivity index (χ4n) is 6.35. The van der Waals surface area contributed by atoms with Crippen molar-refractivity contribution in [3.8, 4) is 28.3 Å². The van der Waals surface area contributed by atoms with E-state index < -0.39 is 5.41 Å². The molecule has 0 saturated heterocycles. The van der Waals surface area contributed by atoms with Gasteiger partial charge in [-0.2, -0.15) is 0 Å². The number of benzene rings is 2. The molecule has 184 valence electrons. The quantitative estimate of drug-likeness (QED) is 0.307.